The van der Waals surface area contributed by atoms with Crippen molar-refractivity contribution in [3.05, 3.63) is 28.2 Å². The standard InChI is InChI=1S/C9H10BrNO/c1-6(12)4-7-5-8(11)2-3-9(7)10/h2-3,5H,4,11H2,1H3. The van der Waals surface area contributed by atoms with Crippen molar-refractivity contribution in [1.29, 1.82) is 0 Å². The van der Waals surface area contributed by atoms with Gasteiger partial charge in [-0.3, -0.25) is 4.79 Å². The summed E-state index contributed by atoms with van der Waals surface area (Å²) in [7, 11) is 0. The number of carbonyl (C=O) groups excluding carboxylic acids is 1. The van der Waals surface area contributed by atoms with Crippen molar-refractivity contribution in [2.24, 2.45) is 0 Å². The van der Waals surface area contributed by atoms with Gasteiger partial charge in [-0.15, -0.1) is 0 Å². The van der Waals surface area contributed by atoms with E-state index in [0.717, 1.165) is 10.0 Å². The molecule has 0 aromatic heterocycles. The van der Waals surface area contributed by atoms with Gasteiger partial charge in [-0.1, -0.05) is 15.9 Å². The molecule has 1 aromatic carbocycles. The number of Topliss-reactive ketones (excluding diaryl/α,β-unsaturated/α-hetero) is 1. The number of nitrogens with two attached hydrogens (primary N) is 1. The van der Waals surface area contributed by atoms with Gasteiger partial charge >= 0.3 is 0 Å². The first-order valence-electron chi connectivity index (χ1n) is 3.63. The lowest BCUT2D eigenvalue weighted by Crippen LogP contribution is -1.98. The highest BCUT2D eigenvalue weighted by Crippen LogP contribution is 2.19. The molecule has 0 aliphatic carbocycles. The summed E-state index contributed by atoms with van der Waals surface area (Å²) in [6.45, 7) is 1.57. The summed E-state index contributed by atoms with van der Waals surface area (Å²) in [5.74, 6) is 0.140. The number of anilines is 1. The van der Waals surface area contributed by atoms with E-state index in [1.807, 2.05) is 12.1 Å². The molecule has 1 rings (SSSR count). The van der Waals surface area contributed by atoms with E-state index < -0.39 is 0 Å². The van der Waals surface area contributed by atoms with Crippen LogP contribution in [-0.4, -0.2) is 5.78 Å². The minimum atomic E-state index is 0.140. The largest absolute Gasteiger partial charge is 0.399 e. The highest BCUT2D eigenvalue weighted by atomic mass is 79.9. The van der Waals surface area contributed by atoms with Gasteiger partial charge in [-0.05, 0) is 30.7 Å². The third-order valence-corrected chi connectivity index (χ3v) is 2.28. The van der Waals surface area contributed by atoms with E-state index in [0.29, 0.717) is 12.1 Å². The normalized spacial score (nSPS) is 9.83. The van der Waals surface area contributed by atoms with Crippen LogP contribution in [0.25, 0.3) is 0 Å². The number of hydrogen-bond donors (Lipinski definition) is 1. The lowest BCUT2D eigenvalue weighted by Gasteiger charge is -2.02. The van der Waals surface area contributed by atoms with Gasteiger partial charge in [0.15, 0.2) is 0 Å². The molecule has 0 aliphatic rings. The molecule has 0 unspecified atom stereocenters. The smallest absolute Gasteiger partial charge is 0.134 e. The van der Waals surface area contributed by atoms with Crippen LogP contribution in [0.5, 0.6) is 0 Å². The molecule has 1 aromatic rings. The second-order valence-electron chi connectivity index (χ2n) is 2.73. The third-order valence-electron chi connectivity index (χ3n) is 1.51. The summed E-state index contributed by atoms with van der Waals surface area (Å²) in [6.07, 6.45) is 0.436. The SMILES string of the molecule is CC(=O)Cc1cc(N)ccc1Br. The van der Waals surface area contributed by atoms with E-state index in [2.05, 4.69) is 15.9 Å². The van der Waals surface area contributed by atoms with Gasteiger partial charge in [0.1, 0.15) is 5.78 Å². The van der Waals surface area contributed by atoms with Crippen LogP contribution in [0.4, 0.5) is 5.69 Å². The summed E-state index contributed by atoms with van der Waals surface area (Å²) in [4.78, 5) is 10.8. The molecule has 0 saturated heterocycles. The molecule has 2 N–H and O–H groups in total. The summed E-state index contributed by atoms with van der Waals surface area (Å²) >= 11 is 3.35. The molecule has 0 radical (unpaired) electrons. The lowest BCUT2D eigenvalue weighted by atomic mass is 10.1. The van der Waals surface area contributed by atoms with Crippen molar-refractivity contribution in [3.8, 4) is 0 Å². The zero-order chi connectivity index (χ0) is 9.14. The predicted molar refractivity (Wildman–Crippen MR) is 52.9 cm³/mol. The fourth-order valence-electron chi connectivity index (χ4n) is 0.998. The molecule has 0 amide bonds. The Morgan fingerprint density at radius 2 is 2.25 bits per heavy atom. The van der Waals surface area contributed by atoms with Crippen LogP contribution in [0.1, 0.15) is 12.5 Å². The van der Waals surface area contributed by atoms with Crippen molar-refractivity contribution in [2.45, 2.75) is 13.3 Å². The van der Waals surface area contributed by atoms with Crippen LogP contribution in [0.15, 0.2) is 22.7 Å². The van der Waals surface area contributed by atoms with Crippen molar-refractivity contribution in [1.82, 2.24) is 0 Å². The molecule has 3 heteroatoms. The molecule has 0 aliphatic heterocycles. The Kier molecular flexibility index (Phi) is 2.87. The average molecular weight is 228 g/mol. The lowest BCUT2D eigenvalue weighted by molar-refractivity contribution is -0.116. The molecule has 12 heavy (non-hydrogen) atoms. The van der Waals surface area contributed by atoms with Crippen LogP contribution < -0.4 is 5.73 Å². The topological polar surface area (TPSA) is 43.1 Å². The van der Waals surface area contributed by atoms with Gasteiger partial charge in [0, 0.05) is 16.6 Å². The predicted octanol–water partition coefficient (Wildman–Crippen LogP) is 2.16. The zero-order valence-electron chi connectivity index (χ0n) is 6.80. The Morgan fingerprint density at radius 1 is 1.58 bits per heavy atom. The van der Waals surface area contributed by atoms with Crippen LogP contribution in [-0.2, 0) is 11.2 Å². The van der Waals surface area contributed by atoms with Crippen molar-refractivity contribution >= 4 is 27.4 Å². The highest BCUT2D eigenvalue weighted by molar-refractivity contribution is 9.10. The maximum Gasteiger partial charge on any atom is 0.134 e. The molecule has 2 nitrogen and oxygen atoms in total. The van der Waals surface area contributed by atoms with E-state index >= 15 is 0 Å². The first kappa shape index (κ1) is 9.26. The monoisotopic (exact) mass is 227 g/mol. The molecule has 0 saturated carbocycles. The number of carbonyl (C=O) groups is 1. The van der Waals surface area contributed by atoms with E-state index in [9.17, 15) is 4.79 Å². The van der Waals surface area contributed by atoms with Gasteiger partial charge in [-0.2, -0.15) is 0 Å². The maximum atomic E-state index is 10.8. The fourth-order valence-corrected chi connectivity index (χ4v) is 1.39. The van der Waals surface area contributed by atoms with Gasteiger partial charge in [-0.25, -0.2) is 0 Å². The number of rotatable bonds is 2. The van der Waals surface area contributed by atoms with E-state index in [-0.39, 0.29) is 5.78 Å². The second-order valence-corrected chi connectivity index (χ2v) is 3.58. The van der Waals surface area contributed by atoms with Gasteiger partial charge in [0.25, 0.3) is 0 Å². The first-order valence-corrected chi connectivity index (χ1v) is 4.42. The molecular weight excluding hydrogens is 218 g/mol. The zero-order valence-corrected chi connectivity index (χ0v) is 8.39. The average Bonchev–Trinajstić information content (AvgIpc) is 1.96. The van der Waals surface area contributed by atoms with E-state index in [4.69, 9.17) is 5.73 Å². The Hall–Kier alpha value is -0.830. The fraction of sp³-hybridized carbons (Fsp3) is 0.222. The van der Waals surface area contributed by atoms with Gasteiger partial charge in [0.2, 0.25) is 0 Å². The molecule has 0 spiro atoms. The van der Waals surface area contributed by atoms with Crippen molar-refractivity contribution in [3.63, 3.8) is 0 Å². The minimum Gasteiger partial charge on any atom is -0.399 e. The molecule has 0 heterocycles. The molecule has 0 bridgehead atoms. The van der Waals surface area contributed by atoms with Gasteiger partial charge < -0.3 is 5.73 Å². The Labute approximate surface area is 79.9 Å². The van der Waals surface area contributed by atoms with E-state index in [1.165, 1.54) is 0 Å². The number of ketones is 1. The quantitative estimate of drug-likeness (QED) is 0.788. The molecule has 64 valence electrons. The summed E-state index contributed by atoms with van der Waals surface area (Å²) in [6, 6.07) is 5.47. The summed E-state index contributed by atoms with van der Waals surface area (Å²) in [5.41, 5.74) is 7.21. The molecule has 0 atom stereocenters. The molecule has 0 fully saturated rings. The number of benzene rings is 1. The third kappa shape index (κ3) is 2.34. The Bertz CT molecular complexity index is 309. The van der Waals surface area contributed by atoms with E-state index in [1.54, 1.807) is 13.0 Å². The summed E-state index contributed by atoms with van der Waals surface area (Å²) in [5, 5.41) is 0. The second kappa shape index (κ2) is 3.72. The molecular formula is C9H10BrNO. The Balaban J connectivity index is 2.97. The van der Waals surface area contributed by atoms with Crippen molar-refractivity contribution < 1.29 is 4.79 Å². The van der Waals surface area contributed by atoms with Crippen LogP contribution in [0, 0.1) is 0 Å². The number of halogens is 1. The first-order chi connectivity index (χ1) is 5.59. The van der Waals surface area contributed by atoms with Crippen molar-refractivity contribution in [2.75, 3.05) is 5.73 Å². The van der Waals surface area contributed by atoms with Gasteiger partial charge in [0.05, 0.1) is 0 Å². The van der Waals surface area contributed by atoms with Crippen LogP contribution in [0.3, 0.4) is 0 Å². The van der Waals surface area contributed by atoms with Crippen LogP contribution >= 0.6 is 15.9 Å². The summed E-state index contributed by atoms with van der Waals surface area (Å²) < 4.78 is 0.937. The maximum absolute atomic E-state index is 10.8. The number of nitrogen functional groups attached to an aromatic ring is 1. The Morgan fingerprint density at radius 3 is 2.83 bits per heavy atom. The van der Waals surface area contributed by atoms with Crippen LogP contribution in [0.2, 0.25) is 0 Å². The highest BCUT2D eigenvalue weighted by Gasteiger charge is 2.02. The minimum absolute atomic E-state index is 0.140. The number of hydrogen-bond acceptors (Lipinski definition) is 2.